The van der Waals surface area contributed by atoms with Gasteiger partial charge < -0.3 is 19.4 Å². The molecule has 1 unspecified atom stereocenters. The third-order valence-corrected chi connectivity index (χ3v) is 5.79. The van der Waals surface area contributed by atoms with Crippen LogP contribution in [0.3, 0.4) is 0 Å². The van der Waals surface area contributed by atoms with Gasteiger partial charge in [-0.15, -0.1) is 0 Å². The van der Waals surface area contributed by atoms with Gasteiger partial charge in [-0.05, 0) is 31.7 Å². The Labute approximate surface area is 159 Å². The largest absolute Gasteiger partial charge is 0.368 e. The number of anilines is 1. The second kappa shape index (κ2) is 8.21. The third kappa shape index (κ3) is 4.05. The summed E-state index contributed by atoms with van der Waals surface area (Å²) in [5, 5.41) is 0. The van der Waals surface area contributed by atoms with E-state index in [0.717, 1.165) is 44.7 Å². The molecule has 1 aromatic rings. The van der Waals surface area contributed by atoms with Crippen molar-refractivity contribution in [3.63, 3.8) is 0 Å². The van der Waals surface area contributed by atoms with Crippen molar-refractivity contribution in [2.24, 2.45) is 5.92 Å². The first-order valence-corrected chi connectivity index (χ1v) is 9.93. The van der Waals surface area contributed by atoms with Gasteiger partial charge in [0.2, 0.25) is 11.9 Å². The van der Waals surface area contributed by atoms with Crippen LogP contribution in [0.25, 0.3) is 0 Å². The Morgan fingerprint density at radius 2 is 1.56 bits per heavy atom. The van der Waals surface area contributed by atoms with Crippen LogP contribution in [0.5, 0.6) is 0 Å². The van der Waals surface area contributed by atoms with Crippen LogP contribution in [0.4, 0.5) is 5.95 Å². The molecule has 3 aliphatic rings. The van der Waals surface area contributed by atoms with E-state index >= 15 is 0 Å². The molecular formula is C19H27N5O3. The lowest BCUT2D eigenvalue weighted by Gasteiger charge is -2.38. The summed E-state index contributed by atoms with van der Waals surface area (Å²) in [6, 6.07) is 1.80. The molecule has 0 N–H and O–H groups in total. The van der Waals surface area contributed by atoms with Crippen LogP contribution < -0.4 is 4.90 Å². The monoisotopic (exact) mass is 373 g/mol. The van der Waals surface area contributed by atoms with Crippen molar-refractivity contribution < 1.29 is 14.3 Å². The predicted octanol–water partition coefficient (Wildman–Crippen LogP) is 0.543. The average molecular weight is 373 g/mol. The molecular weight excluding hydrogens is 346 g/mol. The maximum atomic E-state index is 12.9. The van der Waals surface area contributed by atoms with Gasteiger partial charge in [0, 0.05) is 64.2 Å². The van der Waals surface area contributed by atoms with E-state index < -0.39 is 0 Å². The third-order valence-electron chi connectivity index (χ3n) is 5.79. The van der Waals surface area contributed by atoms with Crippen LogP contribution in [-0.2, 0) is 14.3 Å². The minimum Gasteiger partial charge on any atom is -0.368 e. The summed E-state index contributed by atoms with van der Waals surface area (Å²) in [5.41, 5.74) is 0. The molecule has 0 saturated carbocycles. The molecule has 2 amide bonds. The smallest absolute Gasteiger partial charge is 0.251 e. The standard InChI is InChI=1S/C19H27N5O3/c25-17(23-10-12-24(13-11-23)19-20-6-2-7-21-19)15-4-8-22(9-5-15)18(26)16-3-1-14-27-16/h2,6-7,15-16H,1,3-5,8-14H2. The van der Waals surface area contributed by atoms with Crippen LogP contribution in [0, 0.1) is 5.92 Å². The molecule has 0 spiro atoms. The van der Waals surface area contributed by atoms with E-state index in [1.807, 2.05) is 9.80 Å². The second-order valence-corrected chi connectivity index (χ2v) is 7.46. The van der Waals surface area contributed by atoms with E-state index in [9.17, 15) is 9.59 Å². The molecule has 4 rings (SSSR count). The van der Waals surface area contributed by atoms with Gasteiger partial charge in [-0.1, -0.05) is 0 Å². The Balaban J connectivity index is 1.24. The van der Waals surface area contributed by atoms with Gasteiger partial charge in [-0.3, -0.25) is 9.59 Å². The van der Waals surface area contributed by atoms with Crippen molar-refractivity contribution in [1.82, 2.24) is 19.8 Å². The van der Waals surface area contributed by atoms with Crippen LogP contribution >= 0.6 is 0 Å². The lowest BCUT2D eigenvalue weighted by molar-refractivity contribution is -0.146. The Morgan fingerprint density at radius 3 is 2.19 bits per heavy atom. The van der Waals surface area contributed by atoms with Gasteiger partial charge in [0.05, 0.1) is 0 Å². The molecule has 8 nitrogen and oxygen atoms in total. The van der Waals surface area contributed by atoms with E-state index in [2.05, 4.69) is 14.9 Å². The highest BCUT2D eigenvalue weighted by Gasteiger charge is 2.34. The fraction of sp³-hybridized carbons (Fsp3) is 0.684. The van der Waals surface area contributed by atoms with Crippen molar-refractivity contribution in [2.75, 3.05) is 50.8 Å². The number of hydrogen-bond donors (Lipinski definition) is 0. The van der Waals surface area contributed by atoms with Gasteiger partial charge in [0.25, 0.3) is 5.91 Å². The molecule has 0 radical (unpaired) electrons. The molecule has 8 heteroatoms. The van der Waals surface area contributed by atoms with Crippen molar-refractivity contribution in [1.29, 1.82) is 0 Å². The van der Waals surface area contributed by atoms with Crippen molar-refractivity contribution in [3.8, 4) is 0 Å². The molecule has 0 bridgehead atoms. The predicted molar refractivity (Wildman–Crippen MR) is 99.1 cm³/mol. The molecule has 0 aromatic carbocycles. The maximum Gasteiger partial charge on any atom is 0.251 e. The molecule has 1 aromatic heterocycles. The molecule has 3 aliphatic heterocycles. The summed E-state index contributed by atoms with van der Waals surface area (Å²) < 4.78 is 5.50. The quantitative estimate of drug-likeness (QED) is 0.770. The highest BCUT2D eigenvalue weighted by molar-refractivity contribution is 5.82. The van der Waals surface area contributed by atoms with E-state index in [1.165, 1.54) is 0 Å². The lowest BCUT2D eigenvalue weighted by atomic mass is 9.94. The number of ether oxygens (including phenoxy) is 1. The van der Waals surface area contributed by atoms with Gasteiger partial charge in [-0.2, -0.15) is 0 Å². The zero-order chi connectivity index (χ0) is 18.6. The Kier molecular flexibility index (Phi) is 5.52. The summed E-state index contributed by atoms with van der Waals surface area (Å²) in [6.45, 7) is 4.92. The summed E-state index contributed by atoms with van der Waals surface area (Å²) in [4.78, 5) is 39.8. The molecule has 3 fully saturated rings. The van der Waals surface area contributed by atoms with E-state index in [-0.39, 0.29) is 23.8 Å². The first-order valence-electron chi connectivity index (χ1n) is 9.93. The number of piperidine rings is 1. The van der Waals surface area contributed by atoms with Crippen LogP contribution in [-0.4, -0.2) is 83.6 Å². The zero-order valence-electron chi connectivity index (χ0n) is 15.6. The van der Waals surface area contributed by atoms with Gasteiger partial charge in [0.15, 0.2) is 0 Å². The molecule has 146 valence electrons. The van der Waals surface area contributed by atoms with Crippen molar-refractivity contribution in [3.05, 3.63) is 18.5 Å². The number of hydrogen-bond acceptors (Lipinski definition) is 6. The Bertz CT molecular complexity index is 649. The maximum absolute atomic E-state index is 12.9. The first-order chi connectivity index (χ1) is 13.2. The van der Waals surface area contributed by atoms with Gasteiger partial charge >= 0.3 is 0 Å². The summed E-state index contributed by atoms with van der Waals surface area (Å²) in [7, 11) is 0. The highest BCUT2D eigenvalue weighted by Crippen LogP contribution is 2.23. The summed E-state index contributed by atoms with van der Waals surface area (Å²) in [6.07, 6.45) is 6.51. The molecule has 3 saturated heterocycles. The number of nitrogens with zero attached hydrogens (tertiary/aromatic N) is 5. The van der Waals surface area contributed by atoms with Crippen LogP contribution in [0.2, 0.25) is 0 Å². The van der Waals surface area contributed by atoms with Crippen LogP contribution in [0.1, 0.15) is 25.7 Å². The minimum absolute atomic E-state index is 0.0260. The van der Waals surface area contributed by atoms with Gasteiger partial charge in [0.1, 0.15) is 6.10 Å². The van der Waals surface area contributed by atoms with Gasteiger partial charge in [-0.25, -0.2) is 9.97 Å². The van der Waals surface area contributed by atoms with Crippen LogP contribution in [0.15, 0.2) is 18.5 Å². The zero-order valence-corrected chi connectivity index (χ0v) is 15.6. The topological polar surface area (TPSA) is 78.9 Å². The molecule has 27 heavy (non-hydrogen) atoms. The molecule has 1 atom stereocenters. The molecule has 4 heterocycles. The summed E-state index contributed by atoms with van der Waals surface area (Å²) >= 11 is 0. The average Bonchev–Trinajstić information content (AvgIpc) is 3.28. The number of amides is 2. The lowest BCUT2D eigenvalue weighted by Crippen LogP contribution is -2.52. The SMILES string of the molecule is O=C(C1CCN(C(=O)C2CCCO2)CC1)N1CCN(c2ncccn2)CC1. The number of carbonyl (C=O) groups excluding carboxylic acids is 2. The van der Waals surface area contributed by atoms with E-state index in [0.29, 0.717) is 32.8 Å². The number of likely N-dealkylation sites (tertiary alicyclic amines) is 1. The summed E-state index contributed by atoms with van der Waals surface area (Å²) in [5.74, 6) is 1.09. The van der Waals surface area contributed by atoms with Crippen molar-refractivity contribution >= 4 is 17.8 Å². The first kappa shape index (κ1) is 18.2. The Morgan fingerprint density at radius 1 is 0.889 bits per heavy atom. The fourth-order valence-electron chi connectivity index (χ4n) is 4.16. The number of rotatable bonds is 3. The number of carbonyl (C=O) groups is 2. The fourth-order valence-corrected chi connectivity index (χ4v) is 4.16. The normalized spacial score (nSPS) is 24.3. The molecule has 0 aliphatic carbocycles. The second-order valence-electron chi connectivity index (χ2n) is 7.46. The number of piperazine rings is 1. The minimum atomic E-state index is -0.259. The number of aromatic nitrogens is 2. The highest BCUT2D eigenvalue weighted by atomic mass is 16.5. The van der Waals surface area contributed by atoms with Crippen molar-refractivity contribution in [2.45, 2.75) is 31.8 Å². The Hall–Kier alpha value is -2.22. The van der Waals surface area contributed by atoms with E-state index in [1.54, 1.807) is 18.5 Å². The van der Waals surface area contributed by atoms with E-state index in [4.69, 9.17) is 4.74 Å².